The molecule has 0 bridgehead atoms. The van der Waals surface area contributed by atoms with Crippen LogP contribution in [0, 0.1) is 3.57 Å². The highest BCUT2D eigenvalue weighted by Crippen LogP contribution is 2.31. The minimum atomic E-state index is -3.95. The Labute approximate surface area is 137 Å². The lowest BCUT2D eigenvalue weighted by Gasteiger charge is -2.16. The van der Waals surface area contributed by atoms with Crippen molar-refractivity contribution in [3.05, 3.63) is 27.3 Å². The second-order valence-electron chi connectivity index (χ2n) is 4.94. The van der Waals surface area contributed by atoms with Gasteiger partial charge in [-0.1, -0.05) is 0 Å². The molecule has 0 spiro atoms. The molecule has 0 saturated carbocycles. The second-order valence-corrected chi connectivity index (χ2v) is 10.7. The van der Waals surface area contributed by atoms with Crippen LogP contribution in [0.5, 0.6) is 0 Å². The molecular formula is C12H14INO5S2. The van der Waals surface area contributed by atoms with Gasteiger partial charge in [0.15, 0.2) is 9.84 Å². The molecule has 2 rings (SSSR count). The quantitative estimate of drug-likeness (QED) is 0.654. The second kappa shape index (κ2) is 5.51. The summed E-state index contributed by atoms with van der Waals surface area (Å²) in [5.74, 6) is -1.04. The molecule has 0 atom stereocenters. The molecular weight excluding hydrogens is 429 g/mol. The number of sulfone groups is 1. The van der Waals surface area contributed by atoms with Crippen molar-refractivity contribution in [2.24, 2.45) is 0 Å². The van der Waals surface area contributed by atoms with Crippen molar-refractivity contribution in [1.29, 1.82) is 0 Å². The molecule has 21 heavy (non-hydrogen) atoms. The number of nitrogens with zero attached hydrogens (tertiary/aromatic N) is 1. The summed E-state index contributed by atoms with van der Waals surface area (Å²) in [5, 5.41) is -0.610. The summed E-state index contributed by atoms with van der Waals surface area (Å²) < 4.78 is 49.6. The molecule has 1 aliphatic heterocycles. The minimum absolute atomic E-state index is 0.0543. The van der Waals surface area contributed by atoms with Crippen LogP contribution >= 0.6 is 22.6 Å². The first-order valence-electron chi connectivity index (χ1n) is 6.15. The lowest BCUT2D eigenvalue weighted by Crippen LogP contribution is -2.35. The molecule has 116 valence electrons. The minimum Gasteiger partial charge on any atom is -0.268 e. The highest BCUT2D eigenvalue weighted by Gasteiger charge is 2.41. The monoisotopic (exact) mass is 443 g/mol. The largest absolute Gasteiger partial charge is 0.269 e. The molecule has 0 radical (unpaired) electrons. The molecule has 1 aliphatic rings. The zero-order valence-electron chi connectivity index (χ0n) is 11.4. The van der Waals surface area contributed by atoms with Gasteiger partial charge < -0.3 is 0 Å². The van der Waals surface area contributed by atoms with Gasteiger partial charge in [0, 0.05) is 3.57 Å². The standard InChI is InChI=1S/C12H14INO5S2/c1-8(2)20(16,17)6-5-14-12(15)10-4-3-9(13)7-11(10)21(14,18)19/h3-4,7-8H,5-6H2,1-2H3. The lowest BCUT2D eigenvalue weighted by atomic mass is 10.2. The molecule has 1 aromatic carbocycles. The highest BCUT2D eigenvalue weighted by molar-refractivity contribution is 14.1. The molecule has 9 heteroatoms. The van der Waals surface area contributed by atoms with Crippen LogP contribution in [0.2, 0.25) is 0 Å². The van der Waals surface area contributed by atoms with Gasteiger partial charge in [-0.15, -0.1) is 0 Å². The fourth-order valence-electron chi connectivity index (χ4n) is 1.92. The Bertz CT molecular complexity index is 799. The summed E-state index contributed by atoms with van der Waals surface area (Å²) in [6.45, 7) is 2.69. The van der Waals surface area contributed by atoms with E-state index in [1.54, 1.807) is 6.07 Å². The van der Waals surface area contributed by atoms with Gasteiger partial charge in [-0.05, 0) is 54.6 Å². The average Bonchev–Trinajstić information content (AvgIpc) is 2.55. The number of benzene rings is 1. The van der Waals surface area contributed by atoms with Crippen molar-refractivity contribution in [2.45, 2.75) is 24.0 Å². The number of fused-ring (bicyclic) bond motifs is 1. The maximum absolute atomic E-state index is 12.3. The lowest BCUT2D eigenvalue weighted by molar-refractivity contribution is 0.0876. The first-order chi connectivity index (χ1) is 9.57. The smallest absolute Gasteiger partial charge is 0.268 e. The van der Waals surface area contributed by atoms with E-state index in [0.717, 1.165) is 0 Å². The van der Waals surface area contributed by atoms with E-state index in [-0.39, 0.29) is 22.8 Å². The van der Waals surface area contributed by atoms with Gasteiger partial charge in [-0.3, -0.25) is 4.79 Å². The summed E-state index contributed by atoms with van der Waals surface area (Å²) in [4.78, 5) is 12.1. The predicted molar refractivity (Wildman–Crippen MR) is 86.3 cm³/mol. The Balaban J connectivity index is 2.35. The molecule has 0 unspecified atom stereocenters. The molecule has 1 amide bonds. The number of carbonyl (C=O) groups excluding carboxylic acids is 1. The molecule has 0 fully saturated rings. The fraction of sp³-hybridized carbons (Fsp3) is 0.417. The molecule has 1 aromatic rings. The van der Waals surface area contributed by atoms with Gasteiger partial charge in [-0.25, -0.2) is 21.1 Å². The number of hydrogen-bond donors (Lipinski definition) is 0. The normalized spacial score (nSPS) is 17.3. The Hall–Kier alpha value is -0.680. The first kappa shape index (κ1) is 16.7. The van der Waals surface area contributed by atoms with E-state index in [0.29, 0.717) is 7.88 Å². The van der Waals surface area contributed by atoms with Gasteiger partial charge in [0.05, 0.1) is 23.1 Å². The van der Waals surface area contributed by atoms with Crippen LogP contribution in [0.3, 0.4) is 0 Å². The van der Waals surface area contributed by atoms with E-state index in [9.17, 15) is 21.6 Å². The third-order valence-corrected chi connectivity index (χ3v) is 7.95. The molecule has 1 heterocycles. The molecule has 6 nitrogen and oxygen atoms in total. The molecule has 0 saturated heterocycles. The van der Waals surface area contributed by atoms with E-state index in [2.05, 4.69) is 0 Å². The average molecular weight is 443 g/mol. The summed E-state index contributed by atoms with van der Waals surface area (Å²) >= 11 is 1.96. The maximum atomic E-state index is 12.3. The zero-order valence-corrected chi connectivity index (χ0v) is 15.2. The SMILES string of the molecule is CC(C)S(=O)(=O)CCN1C(=O)c2ccc(I)cc2S1(=O)=O. The van der Waals surface area contributed by atoms with Crippen LogP contribution in [0.4, 0.5) is 0 Å². The van der Waals surface area contributed by atoms with Gasteiger partial charge in [-0.2, -0.15) is 0 Å². The van der Waals surface area contributed by atoms with Gasteiger partial charge in [0.1, 0.15) is 4.90 Å². The molecule has 0 aliphatic carbocycles. The van der Waals surface area contributed by atoms with Gasteiger partial charge >= 0.3 is 0 Å². The van der Waals surface area contributed by atoms with E-state index < -0.39 is 31.0 Å². The van der Waals surface area contributed by atoms with Crippen LogP contribution in [0.15, 0.2) is 23.1 Å². The summed E-state index contributed by atoms with van der Waals surface area (Å²) in [6, 6.07) is 4.51. The van der Waals surface area contributed by atoms with Crippen molar-refractivity contribution in [3.63, 3.8) is 0 Å². The van der Waals surface area contributed by atoms with Crippen LogP contribution in [-0.2, 0) is 19.9 Å². The van der Waals surface area contributed by atoms with E-state index >= 15 is 0 Å². The van der Waals surface area contributed by atoms with Crippen LogP contribution in [0.25, 0.3) is 0 Å². The van der Waals surface area contributed by atoms with Crippen molar-refractivity contribution in [2.75, 3.05) is 12.3 Å². The van der Waals surface area contributed by atoms with E-state index in [1.165, 1.54) is 26.0 Å². The topological polar surface area (TPSA) is 88.6 Å². The summed E-state index contributed by atoms with van der Waals surface area (Å²) in [5.41, 5.74) is 0.0948. The highest BCUT2D eigenvalue weighted by atomic mass is 127. The number of hydrogen-bond acceptors (Lipinski definition) is 5. The van der Waals surface area contributed by atoms with Crippen molar-refractivity contribution < 1.29 is 21.6 Å². The van der Waals surface area contributed by atoms with Crippen LogP contribution < -0.4 is 0 Å². The summed E-state index contributed by atoms with van der Waals surface area (Å²) in [7, 11) is -7.37. The summed E-state index contributed by atoms with van der Waals surface area (Å²) in [6.07, 6.45) is 0. The Morgan fingerprint density at radius 3 is 2.48 bits per heavy atom. The first-order valence-corrected chi connectivity index (χ1v) is 10.4. The number of amides is 1. The van der Waals surface area contributed by atoms with Crippen LogP contribution in [-0.4, -0.2) is 44.6 Å². The van der Waals surface area contributed by atoms with E-state index in [4.69, 9.17) is 0 Å². The number of rotatable bonds is 4. The van der Waals surface area contributed by atoms with Crippen molar-refractivity contribution in [3.8, 4) is 0 Å². The molecule has 0 N–H and O–H groups in total. The Kier molecular flexibility index (Phi) is 4.37. The maximum Gasteiger partial charge on any atom is 0.269 e. The third kappa shape index (κ3) is 2.95. The van der Waals surface area contributed by atoms with Gasteiger partial charge in [0.25, 0.3) is 15.9 Å². The van der Waals surface area contributed by atoms with Crippen molar-refractivity contribution >= 4 is 48.4 Å². The van der Waals surface area contributed by atoms with Crippen LogP contribution in [0.1, 0.15) is 24.2 Å². The Morgan fingerprint density at radius 1 is 1.29 bits per heavy atom. The third-order valence-electron chi connectivity index (χ3n) is 3.27. The number of carbonyl (C=O) groups is 1. The number of sulfonamides is 1. The number of halogens is 1. The predicted octanol–water partition coefficient (Wildman–Crippen LogP) is 1.26. The van der Waals surface area contributed by atoms with E-state index in [1.807, 2.05) is 22.6 Å². The van der Waals surface area contributed by atoms with Crippen molar-refractivity contribution in [1.82, 2.24) is 4.31 Å². The zero-order chi connectivity index (χ0) is 16.0. The Morgan fingerprint density at radius 2 is 1.90 bits per heavy atom. The fourth-order valence-corrected chi connectivity index (χ4v) is 5.24. The molecule has 0 aromatic heterocycles. The van der Waals surface area contributed by atoms with Gasteiger partial charge in [0.2, 0.25) is 0 Å².